The molecule has 1 aromatic heterocycles. The number of anilines is 1. The van der Waals surface area contributed by atoms with Gasteiger partial charge in [0.2, 0.25) is 0 Å². The average Bonchev–Trinajstić information content (AvgIpc) is 3.04. The van der Waals surface area contributed by atoms with Crippen molar-refractivity contribution in [1.82, 2.24) is 4.98 Å². The van der Waals surface area contributed by atoms with Crippen molar-refractivity contribution in [2.24, 2.45) is 0 Å². The van der Waals surface area contributed by atoms with Crippen molar-refractivity contribution in [3.8, 4) is 0 Å². The van der Waals surface area contributed by atoms with Crippen molar-refractivity contribution < 1.29 is 4.79 Å². The molecule has 0 aliphatic carbocycles. The molecule has 2 heterocycles. The summed E-state index contributed by atoms with van der Waals surface area (Å²) in [5, 5.41) is 4.02. The Labute approximate surface area is 129 Å². The number of nitrogens with one attached hydrogen (secondary N) is 2. The second kappa shape index (κ2) is 4.60. The number of carbonyl (C=O) groups is 1. The van der Waals surface area contributed by atoms with E-state index in [0.717, 1.165) is 32.2 Å². The highest BCUT2D eigenvalue weighted by Crippen LogP contribution is 2.38. The van der Waals surface area contributed by atoms with Crippen LogP contribution in [0.15, 0.2) is 53.1 Å². The van der Waals surface area contributed by atoms with E-state index >= 15 is 0 Å². The fourth-order valence-corrected chi connectivity index (χ4v) is 3.16. The molecule has 1 aliphatic rings. The minimum Gasteiger partial charge on any atom is -0.361 e. The van der Waals surface area contributed by atoms with E-state index in [1.165, 1.54) is 0 Å². The van der Waals surface area contributed by atoms with E-state index in [4.69, 9.17) is 0 Å². The van der Waals surface area contributed by atoms with Gasteiger partial charge in [-0.05, 0) is 34.1 Å². The molecule has 4 heteroatoms. The molecule has 2 N–H and O–H groups in total. The maximum Gasteiger partial charge on any atom is 0.256 e. The predicted octanol–water partition coefficient (Wildman–Crippen LogP) is 4.42. The first kappa shape index (κ1) is 12.4. The maximum absolute atomic E-state index is 12.2. The third-order valence-corrected chi connectivity index (χ3v) is 4.37. The first-order valence-electron chi connectivity index (χ1n) is 6.62. The number of rotatable bonds is 1. The van der Waals surface area contributed by atoms with Gasteiger partial charge < -0.3 is 10.3 Å². The van der Waals surface area contributed by atoms with Gasteiger partial charge in [0.25, 0.3) is 5.91 Å². The Morgan fingerprint density at radius 1 is 1.05 bits per heavy atom. The highest BCUT2D eigenvalue weighted by atomic mass is 79.9. The molecule has 0 atom stereocenters. The van der Waals surface area contributed by atoms with Crippen LogP contribution in [0, 0.1) is 0 Å². The molecule has 1 aliphatic heterocycles. The van der Waals surface area contributed by atoms with Crippen LogP contribution in [0.4, 0.5) is 5.69 Å². The summed E-state index contributed by atoms with van der Waals surface area (Å²) < 4.78 is 0.899. The van der Waals surface area contributed by atoms with Gasteiger partial charge in [-0.2, -0.15) is 0 Å². The number of hydrogen-bond donors (Lipinski definition) is 2. The molecular formula is C17H11BrN2O. The van der Waals surface area contributed by atoms with Crippen LogP contribution in [0.2, 0.25) is 0 Å². The normalized spacial score (nSPS) is 15.5. The number of benzene rings is 2. The molecule has 102 valence electrons. The SMILES string of the molecule is O=C1Nc2c(Br)cccc2/C1=C\c1c[nH]c2ccccc12. The van der Waals surface area contributed by atoms with Crippen LogP contribution in [0.25, 0.3) is 22.6 Å². The summed E-state index contributed by atoms with van der Waals surface area (Å²) in [7, 11) is 0. The summed E-state index contributed by atoms with van der Waals surface area (Å²) in [5.74, 6) is -0.0674. The zero-order chi connectivity index (χ0) is 14.4. The third-order valence-electron chi connectivity index (χ3n) is 3.71. The molecule has 21 heavy (non-hydrogen) atoms. The van der Waals surface area contributed by atoms with Gasteiger partial charge in [0.1, 0.15) is 0 Å². The first-order valence-corrected chi connectivity index (χ1v) is 7.41. The second-order valence-corrected chi connectivity index (χ2v) is 5.82. The lowest BCUT2D eigenvalue weighted by molar-refractivity contribution is -0.110. The predicted molar refractivity (Wildman–Crippen MR) is 88.9 cm³/mol. The number of halogens is 1. The number of aromatic amines is 1. The van der Waals surface area contributed by atoms with Crippen LogP contribution in [-0.4, -0.2) is 10.9 Å². The summed E-state index contributed by atoms with van der Waals surface area (Å²) in [5.41, 5.74) is 4.55. The summed E-state index contributed by atoms with van der Waals surface area (Å²) >= 11 is 3.47. The average molecular weight is 339 g/mol. The summed E-state index contributed by atoms with van der Waals surface area (Å²) in [6.07, 6.45) is 3.87. The number of carbonyl (C=O) groups excluding carboxylic acids is 1. The van der Waals surface area contributed by atoms with Gasteiger partial charge in [0.05, 0.1) is 5.69 Å². The van der Waals surface area contributed by atoms with Gasteiger partial charge >= 0.3 is 0 Å². The van der Waals surface area contributed by atoms with Gasteiger partial charge in [-0.1, -0.05) is 30.3 Å². The summed E-state index contributed by atoms with van der Waals surface area (Å²) in [6, 6.07) is 13.9. The molecule has 0 saturated carbocycles. The van der Waals surface area contributed by atoms with E-state index in [2.05, 4.69) is 26.2 Å². The van der Waals surface area contributed by atoms with Crippen LogP contribution in [0.3, 0.4) is 0 Å². The van der Waals surface area contributed by atoms with Crippen molar-refractivity contribution in [1.29, 1.82) is 0 Å². The van der Waals surface area contributed by atoms with Crippen LogP contribution >= 0.6 is 15.9 Å². The van der Waals surface area contributed by atoms with Gasteiger partial charge in [-0.25, -0.2) is 0 Å². The minimum atomic E-state index is -0.0674. The Morgan fingerprint density at radius 3 is 2.81 bits per heavy atom. The molecule has 0 saturated heterocycles. The Hall–Kier alpha value is -2.33. The van der Waals surface area contributed by atoms with Gasteiger partial charge in [0, 0.05) is 38.3 Å². The number of para-hydroxylation sites is 2. The summed E-state index contributed by atoms with van der Waals surface area (Å²) in [6.45, 7) is 0. The van der Waals surface area contributed by atoms with Gasteiger partial charge in [-0.15, -0.1) is 0 Å². The topological polar surface area (TPSA) is 44.9 Å². The van der Waals surface area contributed by atoms with E-state index in [-0.39, 0.29) is 5.91 Å². The molecule has 3 aromatic rings. The molecular weight excluding hydrogens is 328 g/mol. The van der Waals surface area contributed by atoms with E-state index < -0.39 is 0 Å². The van der Waals surface area contributed by atoms with E-state index in [0.29, 0.717) is 5.57 Å². The molecule has 0 spiro atoms. The standard InChI is InChI=1S/C17H11BrN2O/c18-14-6-3-5-12-13(17(21)20-16(12)14)8-10-9-19-15-7-2-1-4-11(10)15/h1-9,19H,(H,20,21)/b13-8+. The lowest BCUT2D eigenvalue weighted by atomic mass is 10.0. The molecule has 0 unspecified atom stereocenters. The van der Waals surface area contributed by atoms with Crippen molar-refractivity contribution in [3.63, 3.8) is 0 Å². The zero-order valence-electron chi connectivity index (χ0n) is 11.0. The first-order chi connectivity index (χ1) is 10.2. The number of H-pyrrole nitrogens is 1. The Bertz CT molecular complexity index is 908. The van der Waals surface area contributed by atoms with Crippen LogP contribution in [0.1, 0.15) is 11.1 Å². The lowest BCUT2D eigenvalue weighted by Crippen LogP contribution is -2.03. The number of fused-ring (bicyclic) bond motifs is 2. The van der Waals surface area contributed by atoms with Gasteiger partial charge in [0.15, 0.2) is 0 Å². The lowest BCUT2D eigenvalue weighted by Gasteiger charge is -2.00. The number of hydrogen-bond acceptors (Lipinski definition) is 1. The van der Waals surface area contributed by atoms with E-state index in [1.54, 1.807) is 0 Å². The van der Waals surface area contributed by atoms with Crippen molar-refractivity contribution >= 4 is 50.1 Å². The van der Waals surface area contributed by atoms with Crippen LogP contribution < -0.4 is 5.32 Å². The largest absolute Gasteiger partial charge is 0.361 e. The molecule has 0 bridgehead atoms. The van der Waals surface area contributed by atoms with E-state index in [1.807, 2.05) is 54.7 Å². The van der Waals surface area contributed by atoms with E-state index in [9.17, 15) is 4.79 Å². The Kier molecular flexibility index (Phi) is 2.72. The van der Waals surface area contributed by atoms with Crippen molar-refractivity contribution in [2.45, 2.75) is 0 Å². The molecule has 0 radical (unpaired) electrons. The number of aromatic nitrogens is 1. The van der Waals surface area contributed by atoms with Crippen LogP contribution in [-0.2, 0) is 4.79 Å². The highest BCUT2D eigenvalue weighted by molar-refractivity contribution is 9.10. The molecule has 3 nitrogen and oxygen atoms in total. The monoisotopic (exact) mass is 338 g/mol. The Balaban J connectivity index is 1.91. The van der Waals surface area contributed by atoms with Gasteiger partial charge in [-0.3, -0.25) is 4.79 Å². The summed E-state index contributed by atoms with van der Waals surface area (Å²) in [4.78, 5) is 15.5. The number of amides is 1. The molecule has 4 rings (SSSR count). The third kappa shape index (κ3) is 1.91. The minimum absolute atomic E-state index is 0.0674. The molecule has 2 aromatic carbocycles. The van der Waals surface area contributed by atoms with Crippen molar-refractivity contribution in [2.75, 3.05) is 5.32 Å². The Morgan fingerprint density at radius 2 is 1.90 bits per heavy atom. The highest BCUT2D eigenvalue weighted by Gasteiger charge is 2.25. The zero-order valence-corrected chi connectivity index (χ0v) is 12.6. The maximum atomic E-state index is 12.2. The quantitative estimate of drug-likeness (QED) is 0.633. The fourth-order valence-electron chi connectivity index (χ4n) is 2.69. The molecule has 0 fully saturated rings. The van der Waals surface area contributed by atoms with Crippen LogP contribution in [0.5, 0.6) is 0 Å². The fraction of sp³-hybridized carbons (Fsp3) is 0. The smallest absolute Gasteiger partial charge is 0.256 e. The molecule has 1 amide bonds. The van der Waals surface area contributed by atoms with Crippen molar-refractivity contribution in [3.05, 3.63) is 64.3 Å². The second-order valence-electron chi connectivity index (χ2n) is 4.96.